The van der Waals surface area contributed by atoms with E-state index in [1.165, 1.54) is 11.3 Å². The summed E-state index contributed by atoms with van der Waals surface area (Å²) in [5, 5.41) is 3.00. The number of nitrogens with one attached hydrogen (secondary N) is 1. The molecule has 0 saturated carbocycles. The number of hydrogen-bond donors (Lipinski definition) is 1. The fourth-order valence-corrected chi connectivity index (χ4v) is 3.67. The van der Waals surface area contributed by atoms with Crippen molar-refractivity contribution in [3.05, 3.63) is 59.9 Å². The first-order valence-electron chi connectivity index (χ1n) is 11.0. The van der Waals surface area contributed by atoms with E-state index in [4.69, 9.17) is 9.72 Å². The summed E-state index contributed by atoms with van der Waals surface area (Å²) in [5.74, 6) is 2.37. The molecule has 0 spiro atoms. The third-order valence-corrected chi connectivity index (χ3v) is 5.38. The summed E-state index contributed by atoms with van der Waals surface area (Å²) in [7, 11) is 1.58. The summed E-state index contributed by atoms with van der Waals surface area (Å²) in [6.45, 7) is 6.21. The topological polar surface area (TPSA) is 56.1 Å². The molecule has 1 aromatic heterocycles. The molecule has 0 aliphatic rings. The number of nitrogens with zero attached hydrogens (tertiary/aromatic N) is 2. The van der Waals surface area contributed by atoms with Gasteiger partial charge in [-0.15, -0.1) is 0 Å². The fourth-order valence-electron chi connectivity index (χ4n) is 3.67. The lowest BCUT2D eigenvalue weighted by molar-refractivity contribution is 0.0950. The molecule has 30 heavy (non-hydrogen) atoms. The third kappa shape index (κ3) is 5.62. The summed E-state index contributed by atoms with van der Waals surface area (Å²) in [6.07, 6.45) is 5.19. The first-order chi connectivity index (χ1) is 14.6. The molecular formula is C25H33N3O2. The Morgan fingerprint density at radius 1 is 1.07 bits per heavy atom. The highest BCUT2D eigenvalue weighted by Crippen LogP contribution is 2.20. The van der Waals surface area contributed by atoms with Gasteiger partial charge in [-0.25, -0.2) is 4.98 Å². The van der Waals surface area contributed by atoms with Crippen LogP contribution in [0, 0.1) is 5.92 Å². The molecule has 0 fully saturated rings. The largest absolute Gasteiger partial charge is 0.496 e. The van der Waals surface area contributed by atoms with E-state index in [-0.39, 0.29) is 5.91 Å². The predicted molar refractivity (Wildman–Crippen MR) is 122 cm³/mol. The highest BCUT2D eigenvalue weighted by Gasteiger charge is 2.12. The van der Waals surface area contributed by atoms with Gasteiger partial charge in [-0.2, -0.15) is 0 Å². The Hall–Kier alpha value is -2.82. The van der Waals surface area contributed by atoms with Crippen molar-refractivity contribution in [2.75, 3.05) is 13.7 Å². The van der Waals surface area contributed by atoms with Crippen molar-refractivity contribution >= 4 is 16.9 Å². The number of fused-ring (bicyclic) bond motifs is 1. The molecule has 160 valence electrons. The number of aromatic nitrogens is 2. The summed E-state index contributed by atoms with van der Waals surface area (Å²) >= 11 is 0. The summed E-state index contributed by atoms with van der Waals surface area (Å²) in [6, 6.07) is 15.7. The highest BCUT2D eigenvalue weighted by molar-refractivity contribution is 5.96. The molecule has 1 heterocycles. The molecule has 0 bridgehead atoms. The number of methoxy groups -OCH3 is 1. The van der Waals surface area contributed by atoms with Crippen LogP contribution < -0.4 is 10.1 Å². The van der Waals surface area contributed by atoms with Crippen LogP contribution in [0.1, 0.15) is 55.7 Å². The van der Waals surface area contributed by atoms with Gasteiger partial charge in [0.2, 0.25) is 0 Å². The normalized spacial score (nSPS) is 11.2. The van der Waals surface area contributed by atoms with Gasteiger partial charge in [-0.05, 0) is 49.4 Å². The second-order valence-electron chi connectivity index (χ2n) is 8.12. The lowest BCUT2D eigenvalue weighted by Crippen LogP contribution is -2.24. The number of para-hydroxylation sites is 3. The lowest BCUT2D eigenvalue weighted by atomic mass is 10.1. The van der Waals surface area contributed by atoms with Crippen LogP contribution in [-0.4, -0.2) is 29.1 Å². The number of benzene rings is 2. The van der Waals surface area contributed by atoms with Gasteiger partial charge in [-0.3, -0.25) is 4.79 Å². The van der Waals surface area contributed by atoms with Crippen molar-refractivity contribution in [2.45, 2.75) is 52.5 Å². The number of amides is 1. The molecular weight excluding hydrogens is 374 g/mol. The Kier molecular flexibility index (Phi) is 7.89. The first-order valence-corrected chi connectivity index (χ1v) is 11.0. The van der Waals surface area contributed by atoms with Gasteiger partial charge in [0.1, 0.15) is 11.6 Å². The van der Waals surface area contributed by atoms with E-state index in [0.717, 1.165) is 44.2 Å². The van der Waals surface area contributed by atoms with Crippen molar-refractivity contribution < 1.29 is 9.53 Å². The van der Waals surface area contributed by atoms with Crippen LogP contribution >= 0.6 is 0 Å². The number of hydrogen-bond acceptors (Lipinski definition) is 3. The molecule has 5 heteroatoms. The van der Waals surface area contributed by atoms with Crippen LogP contribution in [0.5, 0.6) is 5.75 Å². The minimum absolute atomic E-state index is 0.0806. The Bertz CT molecular complexity index is 962. The molecule has 3 aromatic rings. The van der Waals surface area contributed by atoms with Crippen LogP contribution in [0.2, 0.25) is 0 Å². The molecule has 0 aliphatic heterocycles. The molecule has 5 nitrogen and oxygen atoms in total. The van der Waals surface area contributed by atoms with Crippen molar-refractivity contribution in [1.82, 2.24) is 14.9 Å². The molecule has 2 aromatic carbocycles. The van der Waals surface area contributed by atoms with E-state index >= 15 is 0 Å². The molecule has 0 aliphatic carbocycles. The summed E-state index contributed by atoms with van der Waals surface area (Å²) in [5.41, 5.74) is 2.90. The van der Waals surface area contributed by atoms with Crippen molar-refractivity contribution in [3.63, 3.8) is 0 Å². The third-order valence-electron chi connectivity index (χ3n) is 5.38. The van der Waals surface area contributed by atoms with Gasteiger partial charge in [0.25, 0.3) is 5.91 Å². The SMILES string of the molecule is COc1ccccc1C(=O)NCCCCCc1nc2ccccc2n1CCC(C)C. The zero-order valence-electron chi connectivity index (χ0n) is 18.4. The summed E-state index contributed by atoms with van der Waals surface area (Å²) in [4.78, 5) is 17.2. The molecule has 1 N–H and O–H groups in total. The average molecular weight is 408 g/mol. The number of rotatable bonds is 11. The van der Waals surface area contributed by atoms with Crippen molar-refractivity contribution in [3.8, 4) is 5.75 Å². The Balaban J connectivity index is 1.48. The molecule has 0 saturated heterocycles. The maximum Gasteiger partial charge on any atom is 0.255 e. The van der Waals surface area contributed by atoms with E-state index in [1.54, 1.807) is 19.2 Å². The van der Waals surface area contributed by atoms with E-state index < -0.39 is 0 Å². The van der Waals surface area contributed by atoms with Gasteiger partial charge in [0.15, 0.2) is 0 Å². The zero-order valence-corrected chi connectivity index (χ0v) is 18.4. The monoisotopic (exact) mass is 407 g/mol. The number of ether oxygens (including phenoxy) is 1. The number of carbonyl (C=O) groups excluding carboxylic acids is 1. The van der Waals surface area contributed by atoms with Crippen LogP contribution in [0.4, 0.5) is 0 Å². The number of unbranched alkanes of at least 4 members (excludes halogenated alkanes) is 2. The quantitative estimate of drug-likeness (QED) is 0.443. The molecule has 0 unspecified atom stereocenters. The van der Waals surface area contributed by atoms with E-state index in [2.05, 4.69) is 48.0 Å². The van der Waals surface area contributed by atoms with Crippen LogP contribution in [0.15, 0.2) is 48.5 Å². The molecule has 3 rings (SSSR count). The van der Waals surface area contributed by atoms with Crippen LogP contribution in [0.25, 0.3) is 11.0 Å². The minimum Gasteiger partial charge on any atom is -0.496 e. The second kappa shape index (κ2) is 10.8. The second-order valence-corrected chi connectivity index (χ2v) is 8.12. The summed E-state index contributed by atoms with van der Waals surface area (Å²) < 4.78 is 7.65. The zero-order chi connectivity index (χ0) is 21.3. The fraction of sp³-hybridized carbons (Fsp3) is 0.440. The average Bonchev–Trinajstić information content (AvgIpc) is 3.11. The Labute approximate surface area is 179 Å². The van der Waals surface area contributed by atoms with Crippen molar-refractivity contribution in [2.24, 2.45) is 5.92 Å². The molecule has 0 radical (unpaired) electrons. The highest BCUT2D eigenvalue weighted by atomic mass is 16.5. The maximum absolute atomic E-state index is 12.3. The minimum atomic E-state index is -0.0806. The Morgan fingerprint density at radius 2 is 1.83 bits per heavy atom. The van der Waals surface area contributed by atoms with Gasteiger partial charge < -0.3 is 14.6 Å². The number of aryl methyl sites for hydroxylation is 2. The molecule has 1 amide bonds. The van der Waals surface area contributed by atoms with E-state index in [1.807, 2.05) is 12.1 Å². The first kappa shape index (κ1) is 21.9. The standard InChI is InChI=1S/C25H33N3O2/c1-19(2)16-18-28-22-13-8-7-12-21(22)27-24(28)15-5-4-10-17-26-25(29)20-11-6-9-14-23(20)30-3/h6-9,11-14,19H,4-5,10,15-18H2,1-3H3,(H,26,29). The van der Waals surface area contributed by atoms with E-state index in [0.29, 0.717) is 23.8 Å². The lowest BCUT2D eigenvalue weighted by Gasteiger charge is -2.11. The van der Waals surface area contributed by atoms with Crippen LogP contribution in [0.3, 0.4) is 0 Å². The number of imidazole rings is 1. The predicted octanol–water partition coefficient (Wildman–Crippen LogP) is 5.23. The maximum atomic E-state index is 12.3. The van der Waals surface area contributed by atoms with E-state index in [9.17, 15) is 4.79 Å². The number of carbonyl (C=O) groups is 1. The van der Waals surface area contributed by atoms with Gasteiger partial charge in [0, 0.05) is 19.5 Å². The van der Waals surface area contributed by atoms with Gasteiger partial charge >= 0.3 is 0 Å². The Morgan fingerprint density at radius 3 is 2.63 bits per heavy atom. The smallest absolute Gasteiger partial charge is 0.255 e. The molecule has 0 atom stereocenters. The van der Waals surface area contributed by atoms with Crippen molar-refractivity contribution in [1.29, 1.82) is 0 Å². The van der Waals surface area contributed by atoms with Gasteiger partial charge in [0.05, 0.1) is 23.7 Å². The van der Waals surface area contributed by atoms with Gasteiger partial charge in [-0.1, -0.05) is 44.5 Å². The van der Waals surface area contributed by atoms with Crippen LogP contribution in [-0.2, 0) is 13.0 Å².